The number of carboxylic acid groups (broad SMARTS) is 1. The highest BCUT2D eigenvalue weighted by Gasteiger charge is 2.20. The van der Waals surface area contributed by atoms with Crippen molar-refractivity contribution in [3.05, 3.63) is 82.0 Å². The molecule has 0 spiro atoms. The van der Waals surface area contributed by atoms with Crippen LogP contribution in [0.3, 0.4) is 0 Å². The van der Waals surface area contributed by atoms with Gasteiger partial charge in [0.25, 0.3) is 0 Å². The predicted molar refractivity (Wildman–Crippen MR) is 123 cm³/mol. The minimum atomic E-state index is -0.931. The Labute approximate surface area is 183 Å². The Morgan fingerprint density at radius 1 is 1.03 bits per heavy atom. The summed E-state index contributed by atoms with van der Waals surface area (Å²) in [7, 11) is 0. The van der Waals surface area contributed by atoms with Crippen LogP contribution in [0.4, 0.5) is 0 Å². The Morgan fingerprint density at radius 2 is 1.74 bits per heavy atom. The molecule has 0 saturated heterocycles. The van der Waals surface area contributed by atoms with Crippen LogP contribution in [0, 0.1) is 0 Å². The molecule has 0 amide bonds. The van der Waals surface area contributed by atoms with Crippen molar-refractivity contribution < 1.29 is 9.90 Å². The Balaban J connectivity index is 1.61. The highest BCUT2D eigenvalue weighted by Crippen LogP contribution is 2.28. The lowest BCUT2D eigenvalue weighted by molar-refractivity contribution is 0.0697. The summed E-state index contributed by atoms with van der Waals surface area (Å²) >= 11 is 0. The number of nitrogens with zero attached hydrogens (tertiary/aromatic N) is 2. The fourth-order valence-electron chi connectivity index (χ4n) is 4.69. The fraction of sp³-hybridized carbons (Fsp3) is 0.385. The van der Waals surface area contributed by atoms with Gasteiger partial charge in [-0.3, -0.25) is 9.13 Å². The third-order valence-electron chi connectivity index (χ3n) is 6.32. The first-order valence-corrected chi connectivity index (χ1v) is 11.3. The van der Waals surface area contributed by atoms with Crippen LogP contribution in [0.1, 0.15) is 73.1 Å². The van der Waals surface area contributed by atoms with Crippen molar-refractivity contribution in [1.29, 1.82) is 0 Å². The lowest BCUT2D eigenvalue weighted by Crippen LogP contribution is -2.29. The number of rotatable bonds is 7. The number of carbonyl (C=O) groups is 1. The van der Waals surface area contributed by atoms with Crippen LogP contribution in [-0.4, -0.2) is 20.2 Å². The number of aromatic carboxylic acids is 1. The van der Waals surface area contributed by atoms with Gasteiger partial charge in [-0.2, -0.15) is 0 Å². The zero-order chi connectivity index (χ0) is 21.8. The summed E-state index contributed by atoms with van der Waals surface area (Å²) in [6, 6.07) is 15.2. The molecule has 162 valence electrons. The zero-order valence-corrected chi connectivity index (χ0v) is 18.1. The molecule has 4 rings (SSSR count). The van der Waals surface area contributed by atoms with Crippen molar-refractivity contribution in [1.82, 2.24) is 9.13 Å². The maximum absolute atomic E-state index is 13.2. The number of aryl methyl sites for hydroxylation is 1. The van der Waals surface area contributed by atoms with E-state index < -0.39 is 5.97 Å². The van der Waals surface area contributed by atoms with Gasteiger partial charge in [0.05, 0.1) is 12.1 Å². The first-order chi connectivity index (χ1) is 15.1. The molecule has 3 aromatic rings. The molecule has 0 bridgehead atoms. The quantitative estimate of drug-likeness (QED) is 0.549. The minimum Gasteiger partial charge on any atom is -0.478 e. The van der Waals surface area contributed by atoms with E-state index in [1.54, 1.807) is 12.1 Å². The van der Waals surface area contributed by atoms with Gasteiger partial charge in [-0.1, -0.05) is 75.1 Å². The second kappa shape index (κ2) is 9.38. The van der Waals surface area contributed by atoms with Gasteiger partial charge in [-0.05, 0) is 42.0 Å². The van der Waals surface area contributed by atoms with Crippen LogP contribution in [0.25, 0.3) is 11.1 Å². The Bertz CT molecular complexity index is 1100. The van der Waals surface area contributed by atoms with E-state index in [4.69, 9.17) is 0 Å². The lowest BCUT2D eigenvalue weighted by Gasteiger charge is -2.22. The molecular formula is C26H30N2O3. The van der Waals surface area contributed by atoms with E-state index in [-0.39, 0.29) is 5.69 Å². The summed E-state index contributed by atoms with van der Waals surface area (Å²) in [4.78, 5) is 24.8. The third-order valence-corrected chi connectivity index (χ3v) is 6.32. The SMILES string of the molecule is CCCc1cn(C2CCCCC2)c(=O)n1Cc1ccc(-c2ccccc2C(=O)O)cc1. The average molecular weight is 419 g/mol. The van der Waals surface area contributed by atoms with E-state index in [0.717, 1.165) is 42.5 Å². The number of benzene rings is 2. The second-order valence-electron chi connectivity index (χ2n) is 8.49. The lowest BCUT2D eigenvalue weighted by atomic mass is 9.95. The first kappa shape index (κ1) is 21.2. The van der Waals surface area contributed by atoms with Crippen LogP contribution in [0.15, 0.2) is 59.5 Å². The van der Waals surface area contributed by atoms with Gasteiger partial charge in [0, 0.05) is 17.9 Å². The summed E-state index contributed by atoms with van der Waals surface area (Å²) in [5, 5.41) is 9.46. The van der Waals surface area contributed by atoms with Crippen molar-refractivity contribution in [2.75, 3.05) is 0 Å². The van der Waals surface area contributed by atoms with Crippen molar-refractivity contribution in [3.63, 3.8) is 0 Å². The molecule has 1 aliphatic carbocycles. The predicted octanol–water partition coefficient (Wildman–Crippen LogP) is 5.52. The molecule has 1 fully saturated rings. The highest BCUT2D eigenvalue weighted by molar-refractivity contribution is 5.95. The molecule has 1 saturated carbocycles. The maximum atomic E-state index is 13.2. The Morgan fingerprint density at radius 3 is 2.42 bits per heavy atom. The van der Waals surface area contributed by atoms with Crippen LogP contribution < -0.4 is 5.69 Å². The monoisotopic (exact) mass is 418 g/mol. The fourth-order valence-corrected chi connectivity index (χ4v) is 4.69. The van der Waals surface area contributed by atoms with Crippen molar-refractivity contribution in [3.8, 4) is 11.1 Å². The molecule has 0 atom stereocenters. The number of hydrogen-bond acceptors (Lipinski definition) is 2. The molecule has 1 aromatic heterocycles. The van der Waals surface area contributed by atoms with E-state index in [0.29, 0.717) is 23.7 Å². The van der Waals surface area contributed by atoms with Gasteiger partial charge >= 0.3 is 11.7 Å². The van der Waals surface area contributed by atoms with Crippen LogP contribution in [0.2, 0.25) is 0 Å². The number of aromatic nitrogens is 2. The maximum Gasteiger partial charge on any atom is 0.336 e. The summed E-state index contributed by atoms with van der Waals surface area (Å²) in [5.41, 5.74) is 4.09. The smallest absolute Gasteiger partial charge is 0.336 e. The van der Waals surface area contributed by atoms with Gasteiger partial charge in [-0.15, -0.1) is 0 Å². The molecule has 0 aliphatic heterocycles. The molecule has 5 nitrogen and oxygen atoms in total. The van der Waals surface area contributed by atoms with Gasteiger partial charge in [0.15, 0.2) is 0 Å². The number of imidazole rings is 1. The summed E-state index contributed by atoms with van der Waals surface area (Å²) in [5.74, 6) is -0.931. The van der Waals surface area contributed by atoms with Gasteiger partial charge in [0.2, 0.25) is 0 Å². The largest absolute Gasteiger partial charge is 0.478 e. The minimum absolute atomic E-state index is 0.0932. The molecule has 1 aliphatic rings. The average Bonchev–Trinajstić information content (AvgIpc) is 3.10. The van der Waals surface area contributed by atoms with E-state index in [2.05, 4.69) is 13.1 Å². The van der Waals surface area contributed by atoms with Crippen molar-refractivity contribution in [2.24, 2.45) is 0 Å². The van der Waals surface area contributed by atoms with Crippen molar-refractivity contribution >= 4 is 5.97 Å². The molecule has 1 heterocycles. The summed E-state index contributed by atoms with van der Waals surface area (Å²) in [6.45, 7) is 2.68. The standard InChI is InChI=1S/C26H30N2O3/c1-2-8-22-18-28(21-9-4-3-5-10-21)26(31)27(22)17-19-13-15-20(16-14-19)23-11-6-7-12-24(23)25(29)30/h6-7,11-16,18,21H,2-5,8-10,17H2,1H3,(H,29,30). The molecule has 5 heteroatoms. The zero-order valence-electron chi connectivity index (χ0n) is 18.1. The van der Waals surface area contributed by atoms with E-state index in [1.807, 2.05) is 45.5 Å². The van der Waals surface area contributed by atoms with Gasteiger partial charge in [0.1, 0.15) is 0 Å². The third kappa shape index (κ3) is 4.50. The normalized spacial score (nSPS) is 14.6. The molecular weight excluding hydrogens is 388 g/mol. The summed E-state index contributed by atoms with van der Waals surface area (Å²) in [6.07, 6.45) is 9.82. The summed E-state index contributed by atoms with van der Waals surface area (Å²) < 4.78 is 3.89. The van der Waals surface area contributed by atoms with E-state index >= 15 is 0 Å². The van der Waals surface area contributed by atoms with Gasteiger partial charge < -0.3 is 5.11 Å². The molecule has 31 heavy (non-hydrogen) atoms. The highest BCUT2D eigenvalue weighted by atomic mass is 16.4. The second-order valence-corrected chi connectivity index (χ2v) is 8.49. The van der Waals surface area contributed by atoms with E-state index in [1.165, 1.54) is 19.3 Å². The van der Waals surface area contributed by atoms with E-state index in [9.17, 15) is 14.7 Å². The topological polar surface area (TPSA) is 64.2 Å². The first-order valence-electron chi connectivity index (χ1n) is 11.3. The van der Waals surface area contributed by atoms with Crippen molar-refractivity contribution in [2.45, 2.75) is 64.5 Å². The molecule has 2 aromatic carbocycles. The Kier molecular flexibility index (Phi) is 6.40. The van der Waals surface area contributed by atoms with Crippen LogP contribution >= 0.6 is 0 Å². The molecule has 1 N–H and O–H groups in total. The van der Waals surface area contributed by atoms with Crippen LogP contribution in [0.5, 0.6) is 0 Å². The van der Waals surface area contributed by atoms with Gasteiger partial charge in [-0.25, -0.2) is 9.59 Å². The number of carboxylic acids is 1. The Hall–Kier alpha value is -3.08. The number of hydrogen-bond donors (Lipinski definition) is 1. The molecule has 0 radical (unpaired) electrons. The molecule has 0 unspecified atom stereocenters. The van der Waals surface area contributed by atoms with Crippen LogP contribution in [-0.2, 0) is 13.0 Å².